The van der Waals surface area contributed by atoms with Gasteiger partial charge in [-0.15, -0.1) is 0 Å². The summed E-state index contributed by atoms with van der Waals surface area (Å²) < 4.78 is 0. The number of nitrogens with one attached hydrogen (secondary N) is 2. The summed E-state index contributed by atoms with van der Waals surface area (Å²) in [6.45, 7) is 1.73. The first-order chi connectivity index (χ1) is 17.8. The number of carbonyl (C=O) groups is 4. The molecule has 1 atom stereocenters. The maximum Gasteiger partial charge on any atom is 0.328 e. The monoisotopic (exact) mass is 500 g/mol. The Hall–Kier alpha value is -4.66. The number of hydrogen-bond donors (Lipinski definition) is 3. The van der Waals surface area contributed by atoms with Crippen LogP contribution in [0.3, 0.4) is 0 Å². The van der Waals surface area contributed by atoms with E-state index in [1.165, 1.54) is 4.90 Å². The Balaban J connectivity index is 1.48. The van der Waals surface area contributed by atoms with Crippen LogP contribution >= 0.6 is 0 Å². The minimum atomic E-state index is -1.39. The Kier molecular flexibility index (Phi) is 7.52. The van der Waals surface area contributed by atoms with E-state index in [0.717, 1.165) is 21.6 Å². The molecule has 9 nitrogen and oxygen atoms in total. The van der Waals surface area contributed by atoms with Crippen LogP contribution < -0.4 is 10.6 Å². The Morgan fingerprint density at radius 1 is 0.784 bits per heavy atom. The van der Waals surface area contributed by atoms with Crippen molar-refractivity contribution in [1.82, 2.24) is 20.4 Å². The van der Waals surface area contributed by atoms with Gasteiger partial charge in [-0.3, -0.25) is 14.5 Å². The molecule has 1 heterocycles. The van der Waals surface area contributed by atoms with Crippen LogP contribution in [0, 0.1) is 0 Å². The standard InChI is InChI=1S/C28H28N4O5/c1-28(25(35)31(19-24(33)34)27(37)32(28)18-22-10-6-3-7-11-22)23-14-12-21(13-15-23)17-30-26(36)29-16-20-8-4-2-5-9-20/h2-15H,16-19H2,1H3,(H,33,34)(H2,29,30,36)/t28-/m0/s1. The van der Waals surface area contributed by atoms with Gasteiger partial charge in [0, 0.05) is 19.6 Å². The molecule has 0 unspecified atom stereocenters. The first kappa shape index (κ1) is 25.4. The van der Waals surface area contributed by atoms with E-state index in [4.69, 9.17) is 0 Å². The third kappa shape index (κ3) is 5.61. The van der Waals surface area contributed by atoms with Crippen molar-refractivity contribution in [3.63, 3.8) is 0 Å². The van der Waals surface area contributed by atoms with Crippen molar-refractivity contribution >= 4 is 23.9 Å². The van der Waals surface area contributed by atoms with Crippen LogP contribution in [0.15, 0.2) is 84.9 Å². The number of amides is 5. The van der Waals surface area contributed by atoms with Crippen molar-refractivity contribution in [2.75, 3.05) is 6.54 Å². The molecule has 0 radical (unpaired) electrons. The van der Waals surface area contributed by atoms with E-state index in [0.29, 0.717) is 12.1 Å². The van der Waals surface area contributed by atoms with Gasteiger partial charge in [-0.05, 0) is 29.2 Å². The van der Waals surface area contributed by atoms with Gasteiger partial charge in [0.1, 0.15) is 12.1 Å². The average molecular weight is 501 g/mol. The zero-order chi connectivity index (χ0) is 26.4. The molecule has 0 bridgehead atoms. The van der Waals surface area contributed by atoms with Gasteiger partial charge < -0.3 is 20.6 Å². The number of rotatable bonds is 9. The Morgan fingerprint density at radius 2 is 1.30 bits per heavy atom. The number of carbonyl (C=O) groups excluding carboxylic acids is 3. The summed E-state index contributed by atoms with van der Waals surface area (Å²) in [4.78, 5) is 52.3. The predicted molar refractivity (Wildman–Crippen MR) is 136 cm³/mol. The molecule has 190 valence electrons. The highest BCUT2D eigenvalue weighted by molar-refractivity contribution is 6.08. The first-order valence-electron chi connectivity index (χ1n) is 11.8. The summed E-state index contributed by atoms with van der Waals surface area (Å²) in [5, 5.41) is 14.9. The molecule has 1 aliphatic heterocycles. The second-order valence-corrected chi connectivity index (χ2v) is 8.93. The molecular formula is C28H28N4O5. The summed E-state index contributed by atoms with van der Waals surface area (Å²) in [5.41, 5.74) is 1.77. The molecule has 0 spiro atoms. The summed E-state index contributed by atoms with van der Waals surface area (Å²) in [6, 6.07) is 24.8. The molecule has 0 aliphatic carbocycles. The highest BCUT2D eigenvalue weighted by Gasteiger charge is 2.55. The normalized spacial score (nSPS) is 17.1. The Bertz CT molecular complexity index is 1280. The van der Waals surface area contributed by atoms with Crippen LogP contribution in [-0.4, -0.2) is 45.4 Å². The number of carboxylic acids is 1. The molecule has 3 N–H and O–H groups in total. The molecular weight excluding hydrogens is 472 g/mol. The van der Waals surface area contributed by atoms with E-state index in [1.54, 1.807) is 31.2 Å². The topological polar surface area (TPSA) is 119 Å². The molecule has 37 heavy (non-hydrogen) atoms. The number of benzene rings is 3. The third-order valence-corrected chi connectivity index (χ3v) is 6.41. The second kappa shape index (κ2) is 10.9. The van der Waals surface area contributed by atoms with E-state index in [2.05, 4.69) is 10.6 Å². The van der Waals surface area contributed by atoms with Crippen molar-refractivity contribution in [3.05, 3.63) is 107 Å². The SMILES string of the molecule is C[C@]1(c2ccc(CNC(=O)NCc3ccccc3)cc2)C(=O)N(CC(=O)O)C(=O)N1Cc1ccccc1. The van der Waals surface area contributed by atoms with Gasteiger partial charge in [0.2, 0.25) is 0 Å². The number of carboxylic acid groups (broad SMARTS) is 1. The van der Waals surface area contributed by atoms with Crippen molar-refractivity contribution < 1.29 is 24.3 Å². The molecule has 3 aromatic rings. The van der Waals surface area contributed by atoms with Crippen LogP contribution in [-0.2, 0) is 34.8 Å². The van der Waals surface area contributed by atoms with Gasteiger partial charge in [-0.1, -0.05) is 84.9 Å². The molecule has 3 aromatic carbocycles. The second-order valence-electron chi connectivity index (χ2n) is 8.93. The van der Waals surface area contributed by atoms with E-state index < -0.39 is 30.0 Å². The van der Waals surface area contributed by atoms with Gasteiger partial charge in [-0.25, -0.2) is 9.59 Å². The summed E-state index contributed by atoms with van der Waals surface area (Å²) >= 11 is 0. The van der Waals surface area contributed by atoms with Crippen LogP contribution in [0.1, 0.15) is 29.2 Å². The lowest BCUT2D eigenvalue weighted by Gasteiger charge is -2.32. The predicted octanol–water partition coefficient (Wildman–Crippen LogP) is 3.45. The molecule has 9 heteroatoms. The molecule has 1 fully saturated rings. The van der Waals surface area contributed by atoms with Gasteiger partial charge in [0.15, 0.2) is 0 Å². The summed E-state index contributed by atoms with van der Waals surface area (Å²) in [6.07, 6.45) is 0. The summed E-state index contributed by atoms with van der Waals surface area (Å²) in [7, 11) is 0. The van der Waals surface area contributed by atoms with Crippen LogP contribution in [0.25, 0.3) is 0 Å². The third-order valence-electron chi connectivity index (χ3n) is 6.41. The minimum Gasteiger partial charge on any atom is -0.480 e. The van der Waals surface area contributed by atoms with Gasteiger partial charge in [0.05, 0.1) is 0 Å². The maximum absolute atomic E-state index is 13.4. The number of aliphatic carboxylic acids is 1. The van der Waals surface area contributed by atoms with E-state index >= 15 is 0 Å². The van der Waals surface area contributed by atoms with Gasteiger partial charge >= 0.3 is 18.0 Å². The fraction of sp³-hybridized carbons (Fsp3) is 0.214. The lowest BCUT2D eigenvalue weighted by Crippen LogP contribution is -2.44. The van der Waals surface area contributed by atoms with Gasteiger partial charge in [0.25, 0.3) is 5.91 Å². The zero-order valence-electron chi connectivity index (χ0n) is 20.4. The van der Waals surface area contributed by atoms with Gasteiger partial charge in [-0.2, -0.15) is 0 Å². The van der Waals surface area contributed by atoms with Crippen LogP contribution in [0.4, 0.5) is 9.59 Å². The minimum absolute atomic E-state index is 0.142. The maximum atomic E-state index is 13.4. The van der Waals surface area contributed by atoms with Crippen molar-refractivity contribution in [3.8, 4) is 0 Å². The highest BCUT2D eigenvalue weighted by atomic mass is 16.4. The van der Waals surface area contributed by atoms with Crippen LogP contribution in [0.5, 0.6) is 0 Å². The van der Waals surface area contributed by atoms with E-state index in [-0.39, 0.29) is 19.1 Å². The lowest BCUT2D eigenvalue weighted by molar-refractivity contribution is -0.143. The number of hydrogen-bond acceptors (Lipinski definition) is 4. The van der Waals surface area contributed by atoms with Crippen molar-refractivity contribution in [2.24, 2.45) is 0 Å². The smallest absolute Gasteiger partial charge is 0.328 e. The van der Waals surface area contributed by atoms with Crippen molar-refractivity contribution in [2.45, 2.75) is 32.1 Å². The largest absolute Gasteiger partial charge is 0.480 e. The van der Waals surface area contributed by atoms with E-state index in [9.17, 15) is 24.3 Å². The fourth-order valence-electron chi connectivity index (χ4n) is 4.32. The van der Waals surface area contributed by atoms with Crippen LogP contribution in [0.2, 0.25) is 0 Å². The lowest BCUT2D eigenvalue weighted by atomic mass is 9.89. The molecule has 5 amide bonds. The van der Waals surface area contributed by atoms with Crippen molar-refractivity contribution in [1.29, 1.82) is 0 Å². The summed E-state index contributed by atoms with van der Waals surface area (Å²) in [5.74, 6) is -1.86. The molecule has 4 rings (SSSR count). The zero-order valence-corrected chi connectivity index (χ0v) is 20.4. The van der Waals surface area contributed by atoms with E-state index in [1.807, 2.05) is 60.7 Å². The molecule has 0 saturated carbocycles. The molecule has 1 aliphatic rings. The average Bonchev–Trinajstić information content (AvgIpc) is 3.08. The fourth-order valence-corrected chi connectivity index (χ4v) is 4.32. The first-order valence-corrected chi connectivity index (χ1v) is 11.8. The quantitative estimate of drug-likeness (QED) is 0.389. The highest BCUT2D eigenvalue weighted by Crippen LogP contribution is 2.38. The number of urea groups is 2. The number of nitrogens with zero attached hydrogens (tertiary/aromatic N) is 2. The Morgan fingerprint density at radius 3 is 1.84 bits per heavy atom. The molecule has 0 aromatic heterocycles. The Labute approximate surface area is 214 Å². The molecule has 1 saturated heterocycles. The number of imide groups is 1.